The summed E-state index contributed by atoms with van der Waals surface area (Å²) in [7, 11) is 5.51. The molecule has 0 aliphatic carbocycles. The molecule has 0 saturated heterocycles. The summed E-state index contributed by atoms with van der Waals surface area (Å²) in [4.78, 5) is 0. The Morgan fingerprint density at radius 3 is 1.95 bits per heavy atom. The first-order valence-corrected chi connectivity index (χ1v) is 8.83. The van der Waals surface area contributed by atoms with Crippen LogP contribution in [0.5, 0.6) is 0 Å². The third kappa shape index (κ3) is 3.30. The molecule has 3 rings (SSSR count). The van der Waals surface area contributed by atoms with Gasteiger partial charge < -0.3 is 0 Å². The summed E-state index contributed by atoms with van der Waals surface area (Å²) in [5.41, 5.74) is 7.76. The zero-order valence-electron chi connectivity index (χ0n) is 12.7. The molecule has 0 aromatic heterocycles. The molecule has 0 aliphatic heterocycles. The van der Waals surface area contributed by atoms with Crippen LogP contribution in [0.2, 0.25) is 0 Å². The van der Waals surface area contributed by atoms with E-state index in [2.05, 4.69) is 92.1 Å². The van der Waals surface area contributed by atoms with Gasteiger partial charge in [-0.15, -0.1) is 18.5 Å². The number of rotatable bonds is 3. The van der Waals surface area contributed by atoms with E-state index in [9.17, 15) is 0 Å². The van der Waals surface area contributed by atoms with Gasteiger partial charge in [0.25, 0.3) is 0 Å². The Morgan fingerprint density at radius 1 is 0.727 bits per heavy atom. The highest BCUT2D eigenvalue weighted by molar-refractivity contribution is 7.27. The van der Waals surface area contributed by atoms with E-state index in [1.54, 1.807) is 0 Å². The Hall–Kier alpha value is -1.48. The third-order valence-electron chi connectivity index (χ3n) is 3.98. The maximum Gasteiger partial charge on any atom is -0.0128 e. The van der Waals surface area contributed by atoms with Crippen LogP contribution in [0.1, 0.15) is 11.1 Å². The molecule has 3 aromatic rings. The lowest BCUT2D eigenvalue weighted by atomic mass is 9.95. The van der Waals surface area contributed by atoms with E-state index in [1.165, 1.54) is 38.7 Å². The largest absolute Gasteiger partial charge is 0.133 e. The number of hydrogen-bond acceptors (Lipinski definition) is 0. The third-order valence-corrected chi connectivity index (χ3v) is 4.84. The second-order valence-electron chi connectivity index (χ2n) is 5.55. The predicted octanol–water partition coefficient (Wildman–Crippen LogP) is 5.20. The van der Waals surface area contributed by atoms with Crippen molar-refractivity contribution in [1.29, 1.82) is 0 Å². The molecule has 0 aliphatic rings. The fourth-order valence-corrected chi connectivity index (χ4v) is 3.07. The van der Waals surface area contributed by atoms with Crippen molar-refractivity contribution in [2.24, 2.45) is 0 Å². The van der Waals surface area contributed by atoms with E-state index < -0.39 is 0 Å². The van der Waals surface area contributed by atoms with E-state index >= 15 is 0 Å². The topological polar surface area (TPSA) is 0 Å². The normalized spacial score (nSPS) is 10.7. The van der Waals surface area contributed by atoms with Crippen LogP contribution in [-0.4, -0.2) is 0 Å². The number of benzene rings is 3. The summed E-state index contributed by atoms with van der Waals surface area (Å²) in [5, 5.41) is 1.21. The van der Waals surface area contributed by atoms with Gasteiger partial charge >= 0.3 is 0 Å². The Balaban J connectivity index is 2.03. The molecule has 0 bridgehead atoms. The van der Waals surface area contributed by atoms with Gasteiger partial charge in [0.15, 0.2) is 0 Å². The van der Waals surface area contributed by atoms with Crippen LogP contribution in [0, 0.1) is 6.92 Å². The van der Waals surface area contributed by atoms with Crippen molar-refractivity contribution in [2.75, 3.05) is 0 Å². The average molecular weight is 322 g/mol. The zero-order valence-corrected chi connectivity index (χ0v) is 15.0. The minimum absolute atomic E-state index is 1.00. The summed E-state index contributed by atoms with van der Waals surface area (Å²) in [6.45, 7) is 2.17. The van der Waals surface area contributed by atoms with E-state index in [-0.39, 0.29) is 0 Å². The molecule has 22 heavy (non-hydrogen) atoms. The molecule has 2 heteroatoms. The number of aryl methyl sites for hydroxylation is 1. The summed E-state index contributed by atoms with van der Waals surface area (Å²) in [6.07, 6.45) is 1.00. The van der Waals surface area contributed by atoms with E-state index in [0.717, 1.165) is 6.16 Å². The van der Waals surface area contributed by atoms with Gasteiger partial charge in [-0.2, -0.15) is 0 Å². The fraction of sp³-hybridized carbons (Fsp3) is 0.100. The fourth-order valence-electron chi connectivity index (χ4n) is 2.61. The van der Waals surface area contributed by atoms with Crippen molar-refractivity contribution in [2.45, 2.75) is 13.1 Å². The van der Waals surface area contributed by atoms with Crippen molar-refractivity contribution in [1.82, 2.24) is 0 Å². The van der Waals surface area contributed by atoms with Gasteiger partial charge in [-0.25, -0.2) is 0 Å². The maximum atomic E-state index is 2.77. The van der Waals surface area contributed by atoms with Gasteiger partial charge in [0.2, 0.25) is 0 Å². The molecule has 0 amide bonds. The number of hydrogen-bond donors (Lipinski definition) is 0. The highest BCUT2D eigenvalue weighted by atomic mass is 31.0. The molecular weight excluding hydrogens is 302 g/mol. The van der Waals surface area contributed by atoms with Crippen LogP contribution < -0.4 is 5.30 Å². The smallest absolute Gasteiger partial charge is 0.0128 e. The highest BCUT2D eigenvalue weighted by Crippen LogP contribution is 2.29. The Bertz CT molecular complexity index is 772. The van der Waals surface area contributed by atoms with Crippen LogP contribution in [0.25, 0.3) is 22.3 Å². The molecule has 0 spiro atoms. The summed E-state index contributed by atoms with van der Waals surface area (Å²) in [5.74, 6) is 0. The van der Waals surface area contributed by atoms with Gasteiger partial charge in [-0.1, -0.05) is 60.7 Å². The van der Waals surface area contributed by atoms with Crippen molar-refractivity contribution in [3.63, 3.8) is 0 Å². The molecule has 110 valence electrons. The Morgan fingerprint density at radius 2 is 1.32 bits per heavy atom. The first-order valence-electron chi connectivity index (χ1n) is 7.43. The minimum atomic E-state index is 1.00. The van der Waals surface area contributed by atoms with Crippen LogP contribution in [0.15, 0.2) is 66.7 Å². The summed E-state index contributed by atoms with van der Waals surface area (Å²) < 4.78 is 0. The van der Waals surface area contributed by atoms with Gasteiger partial charge in [0, 0.05) is 0 Å². The SMILES string of the molecule is Cc1ccc(-c2ccc(CP)cc2)cc1-c1ccc(P)cc1. The van der Waals surface area contributed by atoms with E-state index in [0.29, 0.717) is 0 Å². The van der Waals surface area contributed by atoms with Crippen LogP contribution >= 0.6 is 18.5 Å². The van der Waals surface area contributed by atoms with Crippen LogP contribution in [0.4, 0.5) is 0 Å². The Labute approximate surface area is 137 Å². The van der Waals surface area contributed by atoms with Crippen molar-refractivity contribution >= 4 is 23.8 Å². The first kappa shape index (κ1) is 15.4. The molecular formula is C20H20P2. The summed E-state index contributed by atoms with van der Waals surface area (Å²) in [6, 6.07) is 24.2. The monoisotopic (exact) mass is 322 g/mol. The van der Waals surface area contributed by atoms with Crippen molar-refractivity contribution in [3.8, 4) is 22.3 Å². The lowest BCUT2D eigenvalue weighted by molar-refractivity contribution is 1.41. The quantitative estimate of drug-likeness (QED) is 0.581. The van der Waals surface area contributed by atoms with Gasteiger partial charge in [0.05, 0.1) is 0 Å². The molecule has 2 unspecified atom stereocenters. The Kier molecular flexibility index (Phi) is 4.72. The molecule has 0 N–H and O–H groups in total. The van der Waals surface area contributed by atoms with Crippen LogP contribution in [-0.2, 0) is 6.16 Å². The first-order chi connectivity index (χ1) is 10.7. The second kappa shape index (κ2) is 6.74. The van der Waals surface area contributed by atoms with E-state index in [4.69, 9.17) is 0 Å². The predicted molar refractivity (Wildman–Crippen MR) is 105 cm³/mol. The van der Waals surface area contributed by atoms with E-state index in [1.807, 2.05) is 0 Å². The second-order valence-corrected chi connectivity index (χ2v) is 6.63. The zero-order chi connectivity index (χ0) is 15.5. The lowest BCUT2D eigenvalue weighted by Gasteiger charge is -2.10. The molecule has 0 heterocycles. The minimum Gasteiger partial charge on any atom is -0.133 e. The molecule has 0 nitrogen and oxygen atoms in total. The lowest BCUT2D eigenvalue weighted by Crippen LogP contribution is -1.90. The standard InChI is InChI=1S/C20H20P2/c1-14-2-5-18(16-6-3-15(13-21)4-7-16)12-20(14)17-8-10-19(22)11-9-17/h2-12H,13,21-22H2,1H3. The van der Waals surface area contributed by atoms with Gasteiger partial charge in [-0.3, -0.25) is 0 Å². The highest BCUT2D eigenvalue weighted by Gasteiger charge is 2.05. The molecule has 2 atom stereocenters. The van der Waals surface area contributed by atoms with Crippen molar-refractivity contribution < 1.29 is 0 Å². The average Bonchev–Trinajstić information content (AvgIpc) is 2.56. The molecule has 0 fully saturated rings. The molecule has 3 aromatic carbocycles. The van der Waals surface area contributed by atoms with Crippen molar-refractivity contribution in [3.05, 3.63) is 77.9 Å². The summed E-state index contributed by atoms with van der Waals surface area (Å²) >= 11 is 0. The molecule has 0 radical (unpaired) electrons. The molecule has 0 saturated carbocycles. The maximum absolute atomic E-state index is 2.77. The van der Waals surface area contributed by atoms with Gasteiger partial charge in [-0.05, 0) is 57.8 Å². The van der Waals surface area contributed by atoms with Crippen LogP contribution in [0.3, 0.4) is 0 Å². The van der Waals surface area contributed by atoms with Gasteiger partial charge in [0.1, 0.15) is 0 Å².